The summed E-state index contributed by atoms with van der Waals surface area (Å²) in [6.45, 7) is 9.15. The minimum atomic E-state index is -0.422. The third-order valence-electron chi connectivity index (χ3n) is 6.12. The van der Waals surface area contributed by atoms with Crippen molar-refractivity contribution in [2.24, 2.45) is 0 Å². The summed E-state index contributed by atoms with van der Waals surface area (Å²) in [6.07, 6.45) is 2.37. The van der Waals surface area contributed by atoms with E-state index in [1.54, 1.807) is 0 Å². The van der Waals surface area contributed by atoms with E-state index in [0.717, 1.165) is 25.9 Å². The number of hydrogen-bond acceptors (Lipinski definition) is 12. The van der Waals surface area contributed by atoms with Crippen molar-refractivity contribution in [3.05, 3.63) is 0 Å². The zero-order valence-corrected chi connectivity index (χ0v) is 26.2. The zero-order chi connectivity index (χ0) is 31.9. The van der Waals surface area contributed by atoms with Crippen molar-refractivity contribution in [3.8, 4) is 0 Å². The monoisotopic (exact) mass is 602 g/mol. The standard InChI is InChI=1S/C28H50N4O10/c1-23(33)39-19-15-31(16-20-40-24(2)34)27(37)9-13-29(5)11-7-8-12-30(6)14-10-28(38)32(17-21-41-25(3)35)18-22-42-26(4)36/h7-22H2,1-6H3. The molecular weight excluding hydrogens is 552 g/mol. The molecule has 0 spiro atoms. The van der Waals surface area contributed by atoms with Crippen molar-refractivity contribution >= 4 is 35.7 Å². The van der Waals surface area contributed by atoms with E-state index in [9.17, 15) is 28.8 Å². The third kappa shape index (κ3) is 22.4. The molecule has 0 aliphatic heterocycles. The molecule has 0 aliphatic rings. The second kappa shape index (κ2) is 23.3. The van der Waals surface area contributed by atoms with Crippen molar-refractivity contribution in [1.29, 1.82) is 0 Å². The molecule has 0 bridgehead atoms. The Bertz CT molecular complexity index is 747. The predicted molar refractivity (Wildman–Crippen MR) is 153 cm³/mol. The van der Waals surface area contributed by atoms with Crippen molar-refractivity contribution in [2.45, 2.75) is 53.4 Å². The van der Waals surface area contributed by atoms with Gasteiger partial charge in [0.05, 0.1) is 26.2 Å². The molecule has 0 N–H and O–H groups in total. The number of unbranched alkanes of at least 4 members (excludes halogenated alkanes) is 1. The summed E-state index contributed by atoms with van der Waals surface area (Å²) >= 11 is 0. The smallest absolute Gasteiger partial charge is 0.302 e. The maximum absolute atomic E-state index is 12.7. The topological polar surface area (TPSA) is 152 Å². The van der Waals surface area contributed by atoms with Gasteiger partial charge in [-0.05, 0) is 40.0 Å². The average molecular weight is 603 g/mol. The molecule has 0 saturated carbocycles. The normalized spacial score (nSPS) is 10.8. The van der Waals surface area contributed by atoms with Gasteiger partial charge in [-0.2, -0.15) is 0 Å². The Morgan fingerprint density at radius 1 is 0.429 bits per heavy atom. The highest BCUT2D eigenvalue weighted by molar-refractivity contribution is 5.77. The second-order valence-corrected chi connectivity index (χ2v) is 9.94. The van der Waals surface area contributed by atoms with Crippen LogP contribution in [0.5, 0.6) is 0 Å². The lowest BCUT2D eigenvalue weighted by Gasteiger charge is -2.24. The zero-order valence-electron chi connectivity index (χ0n) is 26.2. The van der Waals surface area contributed by atoms with E-state index in [-0.39, 0.29) is 77.3 Å². The van der Waals surface area contributed by atoms with E-state index in [4.69, 9.17) is 18.9 Å². The average Bonchev–Trinajstić information content (AvgIpc) is 2.90. The van der Waals surface area contributed by atoms with Gasteiger partial charge in [-0.3, -0.25) is 28.8 Å². The molecule has 0 aliphatic carbocycles. The van der Waals surface area contributed by atoms with Crippen LogP contribution >= 0.6 is 0 Å². The summed E-state index contributed by atoms with van der Waals surface area (Å²) in [6, 6.07) is 0. The summed E-state index contributed by atoms with van der Waals surface area (Å²) in [4.78, 5) is 76.7. The van der Waals surface area contributed by atoms with Gasteiger partial charge in [0.25, 0.3) is 0 Å². The molecule has 14 nitrogen and oxygen atoms in total. The van der Waals surface area contributed by atoms with Crippen molar-refractivity contribution < 1.29 is 47.7 Å². The van der Waals surface area contributed by atoms with E-state index in [1.807, 2.05) is 14.1 Å². The van der Waals surface area contributed by atoms with Gasteiger partial charge in [0.2, 0.25) is 11.8 Å². The van der Waals surface area contributed by atoms with Crippen LogP contribution in [0.2, 0.25) is 0 Å². The second-order valence-electron chi connectivity index (χ2n) is 9.94. The van der Waals surface area contributed by atoms with Gasteiger partial charge in [0.1, 0.15) is 26.4 Å². The fourth-order valence-electron chi connectivity index (χ4n) is 3.80. The number of rotatable bonds is 23. The first-order chi connectivity index (χ1) is 19.8. The van der Waals surface area contributed by atoms with Crippen LogP contribution in [0, 0.1) is 0 Å². The molecular formula is C28H50N4O10. The Balaban J connectivity index is 4.40. The highest BCUT2D eigenvalue weighted by Crippen LogP contribution is 2.03. The number of carbonyl (C=O) groups excluding carboxylic acids is 6. The van der Waals surface area contributed by atoms with Crippen LogP contribution in [-0.2, 0) is 47.7 Å². The van der Waals surface area contributed by atoms with Gasteiger partial charge in [-0.1, -0.05) is 0 Å². The minimum Gasteiger partial charge on any atom is -0.464 e. The molecule has 0 rings (SSSR count). The molecule has 2 amide bonds. The number of nitrogens with zero attached hydrogens (tertiary/aromatic N) is 4. The van der Waals surface area contributed by atoms with Crippen LogP contribution in [0.15, 0.2) is 0 Å². The number of ether oxygens (including phenoxy) is 4. The molecule has 0 fully saturated rings. The Hall–Kier alpha value is -3.26. The molecule has 0 aromatic heterocycles. The molecule has 0 heterocycles. The van der Waals surface area contributed by atoms with E-state index >= 15 is 0 Å². The van der Waals surface area contributed by atoms with Gasteiger partial charge >= 0.3 is 23.9 Å². The van der Waals surface area contributed by atoms with Crippen LogP contribution in [0.25, 0.3) is 0 Å². The molecule has 0 aromatic carbocycles. The highest BCUT2D eigenvalue weighted by Gasteiger charge is 2.17. The first-order valence-electron chi connectivity index (χ1n) is 14.3. The summed E-state index contributed by atoms with van der Waals surface area (Å²) in [7, 11) is 3.88. The summed E-state index contributed by atoms with van der Waals surface area (Å²) in [5.74, 6) is -1.91. The third-order valence-corrected chi connectivity index (χ3v) is 6.12. The van der Waals surface area contributed by atoms with Crippen LogP contribution < -0.4 is 0 Å². The van der Waals surface area contributed by atoms with E-state index in [0.29, 0.717) is 13.1 Å². The molecule has 0 unspecified atom stereocenters. The van der Waals surface area contributed by atoms with Crippen molar-refractivity contribution in [3.63, 3.8) is 0 Å². The lowest BCUT2D eigenvalue weighted by Crippen LogP contribution is -2.39. The fraction of sp³-hybridized carbons (Fsp3) is 0.786. The van der Waals surface area contributed by atoms with Crippen molar-refractivity contribution in [2.75, 3.05) is 92.9 Å². The first-order valence-corrected chi connectivity index (χ1v) is 14.3. The molecule has 0 atom stereocenters. The van der Waals surface area contributed by atoms with Crippen LogP contribution in [0.3, 0.4) is 0 Å². The molecule has 0 aromatic rings. The largest absolute Gasteiger partial charge is 0.464 e. The van der Waals surface area contributed by atoms with Gasteiger partial charge in [0, 0.05) is 53.6 Å². The highest BCUT2D eigenvalue weighted by atomic mass is 16.5. The van der Waals surface area contributed by atoms with Crippen LogP contribution in [-0.4, -0.2) is 148 Å². The number of amides is 2. The van der Waals surface area contributed by atoms with Gasteiger partial charge < -0.3 is 38.5 Å². The van der Waals surface area contributed by atoms with Gasteiger partial charge in [-0.15, -0.1) is 0 Å². The summed E-state index contributed by atoms with van der Waals surface area (Å²) < 4.78 is 19.8. The fourth-order valence-corrected chi connectivity index (χ4v) is 3.80. The molecule has 42 heavy (non-hydrogen) atoms. The van der Waals surface area contributed by atoms with Gasteiger partial charge in [-0.25, -0.2) is 0 Å². The van der Waals surface area contributed by atoms with E-state index < -0.39 is 23.9 Å². The van der Waals surface area contributed by atoms with E-state index in [1.165, 1.54) is 37.5 Å². The maximum atomic E-state index is 12.7. The lowest BCUT2D eigenvalue weighted by molar-refractivity contribution is -0.146. The lowest BCUT2D eigenvalue weighted by atomic mass is 10.2. The Labute approximate surface area is 249 Å². The molecule has 0 radical (unpaired) electrons. The molecule has 0 saturated heterocycles. The number of hydrogen-bond donors (Lipinski definition) is 0. The minimum absolute atomic E-state index is 0.0801. The maximum Gasteiger partial charge on any atom is 0.302 e. The first kappa shape index (κ1) is 38.7. The van der Waals surface area contributed by atoms with E-state index in [2.05, 4.69) is 9.80 Å². The SMILES string of the molecule is CC(=O)OCCN(CCOC(C)=O)C(=O)CCN(C)CCCCN(C)CCC(=O)N(CCOC(C)=O)CCOC(C)=O. The Morgan fingerprint density at radius 3 is 0.929 bits per heavy atom. The summed E-state index contributed by atoms with van der Waals surface area (Å²) in [5, 5.41) is 0. The van der Waals surface area contributed by atoms with Crippen LogP contribution in [0.4, 0.5) is 0 Å². The quantitative estimate of drug-likeness (QED) is 0.0899. The van der Waals surface area contributed by atoms with Gasteiger partial charge in [0.15, 0.2) is 0 Å². The van der Waals surface area contributed by atoms with Crippen molar-refractivity contribution in [1.82, 2.24) is 19.6 Å². The van der Waals surface area contributed by atoms with Crippen LogP contribution in [0.1, 0.15) is 53.4 Å². The summed E-state index contributed by atoms with van der Waals surface area (Å²) in [5.41, 5.74) is 0. The molecule has 242 valence electrons. The molecule has 14 heteroatoms. The number of esters is 4. The number of carbonyl (C=O) groups is 6. The predicted octanol–water partition coefficient (Wildman–Crippen LogP) is 0.320. The Kier molecular flexibility index (Phi) is 21.5. The Morgan fingerprint density at radius 2 is 0.690 bits per heavy atom.